The van der Waals surface area contributed by atoms with Crippen molar-refractivity contribution in [2.45, 2.75) is 13.3 Å². The van der Waals surface area contributed by atoms with Crippen LogP contribution in [-0.4, -0.2) is 20.1 Å². The van der Waals surface area contributed by atoms with Crippen molar-refractivity contribution >= 4 is 11.6 Å². The van der Waals surface area contributed by atoms with E-state index >= 15 is 0 Å². The van der Waals surface area contributed by atoms with Gasteiger partial charge < -0.3 is 9.47 Å². The van der Waals surface area contributed by atoms with E-state index in [0.29, 0.717) is 17.1 Å². The number of rotatable bonds is 7. The first-order valence-corrected chi connectivity index (χ1v) is 7.73. The molecule has 0 aliphatic carbocycles. The lowest BCUT2D eigenvalue weighted by Gasteiger charge is -2.14. The minimum absolute atomic E-state index is 0.256. The third-order valence-corrected chi connectivity index (χ3v) is 3.45. The zero-order valence-electron chi connectivity index (χ0n) is 14.1. The molecule has 5 heteroatoms. The summed E-state index contributed by atoms with van der Waals surface area (Å²) in [5.41, 5.74) is 8.04. The minimum atomic E-state index is -0.256. The Morgan fingerprint density at radius 2 is 1.67 bits per heavy atom. The molecule has 2 N–H and O–H groups in total. The van der Waals surface area contributed by atoms with E-state index in [1.54, 1.807) is 25.3 Å². The van der Waals surface area contributed by atoms with Crippen LogP contribution in [0.1, 0.15) is 29.3 Å². The number of nitrogens with one attached hydrogen (secondary N) is 2. The fourth-order valence-corrected chi connectivity index (χ4v) is 2.24. The quantitative estimate of drug-likeness (QED) is 0.766. The number of methoxy groups -OCH3 is 2. The Bertz CT molecular complexity index is 712. The van der Waals surface area contributed by atoms with Crippen LogP contribution in [0.25, 0.3) is 5.70 Å². The molecule has 0 bridgehead atoms. The highest BCUT2D eigenvalue weighted by Crippen LogP contribution is 2.27. The fraction of sp³-hybridized carbons (Fsp3) is 0.211. The number of hydrazine groups is 1. The molecule has 0 unspecified atom stereocenters. The molecule has 0 fully saturated rings. The maximum Gasteiger partial charge on any atom is 0.269 e. The standard InChI is InChI=1S/C19H22N2O3/c1-4-8-16(14-9-6-5-7-10-14)20-21-19(22)15-11-12-17(23-2)18(13-15)24-3/h5-13,20H,4H2,1-3H3,(H,21,22)/b16-8+. The van der Waals surface area contributed by atoms with Gasteiger partial charge in [0.05, 0.1) is 19.9 Å². The van der Waals surface area contributed by atoms with E-state index in [9.17, 15) is 4.79 Å². The molecule has 0 aromatic heterocycles. The number of ether oxygens (including phenoxy) is 2. The number of amides is 1. The highest BCUT2D eigenvalue weighted by molar-refractivity contribution is 5.95. The van der Waals surface area contributed by atoms with Crippen molar-refractivity contribution in [2.24, 2.45) is 0 Å². The molecule has 0 radical (unpaired) electrons. The normalized spacial score (nSPS) is 10.9. The lowest BCUT2D eigenvalue weighted by atomic mass is 10.1. The second kappa shape index (κ2) is 8.62. The smallest absolute Gasteiger partial charge is 0.269 e. The third-order valence-electron chi connectivity index (χ3n) is 3.45. The molecule has 0 aliphatic heterocycles. The van der Waals surface area contributed by atoms with Crippen LogP contribution < -0.4 is 20.3 Å². The molecule has 1 amide bonds. The molecular weight excluding hydrogens is 304 g/mol. The van der Waals surface area contributed by atoms with Gasteiger partial charge in [-0.05, 0) is 30.2 Å². The first-order valence-electron chi connectivity index (χ1n) is 7.73. The summed E-state index contributed by atoms with van der Waals surface area (Å²) < 4.78 is 10.4. The Labute approximate surface area is 142 Å². The molecule has 126 valence electrons. The van der Waals surface area contributed by atoms with Gasteiger partial charge in [0.15, 0.2) is 11.5 Å². The monoisotopic (exact) mass is 326 g/mol. The van der Waals surface area contributed by atoms with Crippen molar-refractivity contribution in [1.82, 2.24) is 10.9 Å². The van der Waals surface area contributed by atoms with Crippen LogP contribution in [-0.2, 0) is 0 Å². The van der Waals surface area contributed by atoms with Gasteiger partial charge in [0.25, 0.3) is 5.91 Å². The number of hydrogen-bond donors (Lipinski definition) is 2. The predicted molar refractivity (Wildman–Crippen MR) is 94.9 cm³/mol. The van der Waals surface area contributed by atoms with Gasteiger partial charge >= 0.3 is 0 Å². The Morgan fingerprint density at radius 3 is 2.29 bits per heavy atom. The maximum atomic E-state index is 12.4. The predicted octanol–water partition coefficient (Wildman–Crippen LogP) is 3.39. The van der Waals surface area contributed by atoms with E-state index in [2.05, 4.69) is 10.9 Å². The lowest BCUT2D eigenvalue weighted by molar-refractivity contribution is 0.0942. The highest BCUT2D eigenvalue weighted by Gasteiger charge is 2.11. The zero-order chi connectivity index (χ0) is 17.4. The van der Waals surface area contributed by atoms with Gasteiger partial charge in [-0.25, -0.2) is 0 Å². The second-order valence-electron chi connectivity index (χ2n) is 5.04. The highest BCUT2D eigenvalue weighted by atomic mass is 16.5. The van der Waals surface area contributed by atoms with E-state index in [0.717, 1.165) is 17.7 Å². The Hall–Kier alpha value is -2.95. The summed E-state index contributed by atoms with van der Waals surface area (Å²) >= 11 is 0. The number of benzene rings is 2. The first-order chi connectivity index (χ1) is 11.7. The van der Waals surface area contributed by atoms with E-state index in [1.807, 2.05) is 43.3 Å². The van der Waals surface area contributed by atoms with Crippen LogP contribution >= 0.6 is 0 Å². The molecule has 0 heterocycles. The molecular formula is C19H22N2O3. The Balaban J connectivity index is 2.10. The van der Waals surface area contributed by atoms with Crippen molar-refractivity contribution in [3.8, 4) is 11.5 Å². The van der Waals surface area contributed by atoms with Gasteiger partial charge in [-0.15, -0.1) is 0 Å². The second-order valence-corrected chi connectivity index (χ2v) is 5.04. The number of carbonyl (C=O) groups is 1. The average Bonchev–Trinajstić information content (AvgIpc) is 2.64. The van der Waals surface area contributed by atoms with Crippen LogP contribution in [0.15, 0.2) is 54.6 Å². The van der Waals surface area contributed by atoms with Crippen molar-refractivity contribution in [3.05, 3.63) is 65.7 Å². The van der Waals surface area contributed by atoms with Crippen molar-refractivity contribution in [3.63, 3.8) is 0 Å². The fourth-order valence-electron chi connectivity index (χ4n) is 2.24. The van der Waals surface area contributed by atoms with Crippen LogP contribution in [0.3, 0.4) is 0 Å². The summed E-state index contributed by atoms with van der Waals surface area (Å²) in [5.74, 6) is 0.837. The molecule has 24 heavy (non-hydrogen) atoms. The Kier molecular flexibility index (Phi) is 6.25. The first kappa shape index (κ1) is 17.4. The largest absolute Gasteiger partial charge is 0.493 e. The molecule has 0 spiro atoms. The van der Waals surface area contributed by atoms with E-state index in [1.165, 1.54) is 7.11 Å². The van der Waals surface area contributed by atoms with Gasteiger partial charge in [-0.2, -0.15) is 0 Å². The topological polar surface area (TPSA) is 59.6 Å². The van der Waals surface area contributed by atoms with Gasteiger partial charge in [0, 0.05) is 5.56 Å². The number of allylic oxidation sites excluding steroid dienone is 1. The van der Waals surface area contributed by atoms with Gasteiger partial charge in [0.2, 0.25) is 0 Å². The van der Waals surface area contributed by atoms with E-state index in [4.69, 9.17) is 9.47 Å². The molecule has 2 aromatic carbocycles. The van der Waals surface area contributed by atoms with Gasteiger partial charge in [0.1, 0.15) is 0 Å². The summed E-state index contributed by atoms with van der Waals surface area (Å²) in [6.07, 6.45) is 2.87. The summed E-state index contributed by atoms with van der Waals surface area (Å²) in [7, 11) is 3.09. The molecule has 0 aliphatic rings. The van der Waals surface area contributed by atoms with Crippen molar-refractivity contribution < 1.29 is 14.3 Å². The van der Waals surface area contributed by atoms with Crippen molar-refractivity contribution in [1.29, 1.82) is 0 Å². The summed E-state index contributed by atoms with van der Waals surface area (Å²) in [6.45, 7) is 2.04. The van der Waals surface area contributed by atoms with Crippen LogP contribution in [0, 0.1) is 0 Å². The van der Waals surface area contributed by atoms with Crippen LogP contribution in [0.2, 0.25) is 0 Å². The summed E-state index contributed by atoms with van der Waals surface area (Å²) in [4.78, 5) is 12.4. The molecule has 0 saturated heterocycles. The van der Waals surface area contributed by atoms with Gasteiger partial charge in [-0.3, -0.25) is 15.6 Å². The van der Waals surface area contributed by atoms with Crippen LogP contribution in [0.5, 0.6) is 11.5 Å². The summed E-state index contributed by atoms with van der Waals surface area (Å²) in [6, 6.07) is 14.9. The van der Waals surface area contributed by atoms with Gasteiger partial charge in [-0.1, -0.05) is 43.3 Å². The molecule has 0 saturated carbocycles. The van der Waals surface area contributed by atoms with E-state index in [-0.39, 0.29) is 5.91 Å². The molecule has 2 rings (SSSR count). The average molecular weight is 326 g/mol. The molecule has 2 aromatic rings. The van der Waals surface area contributed by atoms with E-state index < -0.39 is 0 Å². The lowest BCUT2D eigenvalue weighted by Crippen LogP contribution is -2.36. The minimum Gasteiger partial charge on any atom is -0.493 e. The zero-order valence-corrected chi connectivity index (χ0v) is 14.1. The molecule has 5 nitrogen and oxygen atoms in total. The molecule has 0 atom stereocenters. The third kappa shape index (κ3) is 4.29. The Morgan fingerprint density at radius 1 is 0.958 bits per heavy atom. The SMILES string of the molecule is CC/C=C(/NNC(=O)c1ccc(OC)c(OC)c1)c1ccccc1. The maximum absolute atomic E-state index is 12.4. The van der Waals surface area contributed by atoms with Crippen molar-refractivity contribution in [2.75, 3.05) is 14.2 Å². The summed E-state index contributed by atoms with van der Waals surface area (Å²) in [5, 5.41) is 0. The number of carbonyl (C=O) groups excluding carboxylic acids is 1. The number of hydrogen-bond acceptors (Lipinski definition) is 4. The van der Waals surface area contributed by atoms with Crippen LogP contribution in [0.4, 0.5) is 0 Å².